The molecule has 0 radical (unpaired) electrons. The highest BCUT2D eigenvalue weighted by Crippen LogP contribution is 2.13. The number of carboxylic acid groups (broad SMARTS) is 1. The van der Waals surface area contributed by atoms with Gasteiger partial charge >= 0.3 is 5.97 Å². The number of unbranched alkanes of at least 4 members (excludes halogenated alkanes) is 13. The summed E-state index contributed by atoms with van der Waals surface area (Å²) in [4.78, 5) is 11.2. The highest BCUT2D eigenvalue weighted by molar-refractivity contribution is 7.99. The third kappa shape index (κ3) is 19.0. The summed E-state index contributed by atoms with van der Waals surface area (Å²) in [6.07, 6.45) is 17.7. The van der Waals surface area contributed by atoms with Crippen molar-refractivity contribution in [3.63, 3.8) is 0 Å². The summed E-state index contributed by atoms with van der Waals surface area (Å²) < 4.78 is 0. The van der Waals surface area contributed by atoms with Gasteiger partial charge in [-0.3, -0.25) is 4.79 Å². The predicted molar refractivity (Wildman–Crippen MR) is 120 cm³/mol. The molecule has 4 N–H and O–H groups in total. The fourth-order valence-corrected chi connectivity index (χ4v) is 4.20. The molecule has 28 heavy (non-hydrogen) atoms. The molecule has 0 heterocycles. The van der Waals surface area contributed by atoms with Gasteiger partial charge < -0.3 is 20.6 Å². The molecule has 0 aromatic carbocycles. The Morgan fingerprint density at radius 2 is 1.29 bits per heavy atom. The van der Waals surface area contributed by atoms with Gasteiger partial charge in [0.15, 0.2) is 0 Å². The molecule has 0 aliphatic heterocycles. The monoisotopic (exact) mass is 419 g/mol. The molecule has 0 saturated heterocycles. The maximum Gasteiger partial charge on any atom is 0.321 e. The quantitative estimate of drug-likeness (QED) is 0.192. The Bertz CT molecular complexity index is 344. The molecule has 0 bridgehead atoms. The van der Waals surface area contributed by atoms with E-state index in [9.17, 15) is 15.0 Å². The second-order valence-corrected chi connectivity index (χ2v) is 8.89. The van der Waals surface area contributed by atoms with Crippen LogP contribution in [0.15, 0.2) is 0 Å². The highest BCUT2D eigenvalue weighted by Gasteiger charge is 2.16. The van der Waals surface area contributed by atoms with Crippen LogP contribution in [-0.2, 0) is 4.79 Å². The first-order valence-corrected chi connectivity index (χ1v) is 12.6. The number of hydrogen-bond donors (Lipinski definition) is 4. The second kappa shape index (κ2) is 21.4. The second-order valence-electron chi connectivity index (χ2n) is 7.81. The van der Waals surface area contributed by atoms with Crippen molar-refractivity contribution in [2.45, 2.75) is 109 Å². The van der Waals surface area contributed by atoms with E-state index in [1.165, 1.54) is 88.8 Å². The first-order valence-electron chi connectivity index (χ1n) is 11.4. The molecule has 5 nitrogen and oxygen atoms in total. The minimum atomic E-state index is -0.851. The molecule has 2 unspecified atom stereocenters. The van der Waals surface area contributed by atoms with E-state index in [1.807, 2.05) is 0 Å². The molecule has 0 aromatic rings. The zero-order valence-corrected chi connectivity index (χ0v) is 18.9. The van der Waals surface area contributed by atoms with Gasteiger partial charge in [-0.1, -0.05) is 90.4 Å². The van der Waals surface area contributed by atoms with Gasteiger partial charge in [0.2, 0.25) is 0 Å². The van der Waals surface area contributed by atoms with E-state index in [2.05, 4.69) is 12.2 Å². The summed E-state index contributed by atoms with van der Waals surface area (Å²) in [6.45, 7) is 2.70. The van der Waals surface area contributed by atoms with Crippen molar-refractivity contribution >= 4 is 17.7 Å². The third-order valence-electron chi connectivity index (χ3n) is 5.02. The van der Waals surface area contributed by atoms with Gasteiger partial charge in [0.05, 0.1) is 12.7 Å². The van der Waals surface area contributed by atoms with E-state index in [1.54, 1.807) is 0 Å². The van der Waals surface area contributed by atoms with Crippen LogP contribution in [0.2, 0.25) is 0 Å². The van der Waals surface area contributed by atoms with Crippen LogP contribution in [0.4, 0.5) is 0 Å². The summed E-state index contributed by atoms with van der Waals surface area (Å²) in [7, 11) is 0. The Morgan fingerprint density at radius 3 is 1.71 bits per heavy atom. The van der Waals surface area contributed by atoms with E-state index in [-0.39, 0.29) is 6.61 Å². The van der Waals surface area contributed by atoms with Gasteiger partial charge in [-0.25, -0.2) is 0 Å². The summed E-state index contributed by atoms with van der Waals surface area (Å²) in [6, 6.07) is -0.585. The Hall–Kier alpha value is -0.300. The van der Waals surface area contributed by atoms with Crippen molar-refractivity contribution in [3.05, 3.63) is 0 Å². The number of hydrogen-bond acceptors (Lipinski definition) is 5. The van der Waals surface area contributed by atoms with Crippen molar-refractivity contribution in [2.75, 3.05) is 24.7 Å². The molecular weight excluding hydrogens is 374 g/mol. The van der Waals surface area contributed by atoms with E-state index < -0.39 is 18.1 Å². The van der Waals surface area contributed by atoms with Gasteiger partial charge in [0, 0.05) is 11.5 Å². The normalized spacial score (nSPS) is 13.5. The Kier molecular flexibility index (Phi) is 21.2. The number of nitrogens with one attached hydrogen (secondary N) is 1. The number of aliphatic hydroxyl groups excluding tert-OH is 2. The summed E-state index contributed by atoms with van der Waals surface area (Å²) in [5, 5.41) is 30.4. The van der Waals surface area contributed by atoms with Crippen LogP contribution < -0.4 is 5.32 Å². The fourth-order valence-electron chi connectivity index (χ4n) is 3.19. The topological polar surface area (TPSA) is 89.8 Å². The molecule has 6 heteroatoms. The van der Waals surface area contributed by atoms with Crippen molar-refractivity contribution in [3.8, 4) is 0 Å². The molecule has 2 atom stereocenters. The van der Waals surface area contributed by atoms with Crippen LogP contribution in [0.3, 0.4) is 0 Å². The summed E-state index contributed by atoms with van der Waals surface area (Å²) in [5.74, 6) is -0.0809. The number of carbonyl (C=O) groups is 1. The number of thioether (sulfide) groups is 1. The fraction of sp³-hybridized carbons (Fsp3) is 0.955. The van der Waals surface area contributed by atoms with Crippen molar-refractivity contribution in [1.82, 2.24) is 5.32 Å². The van der Waals surface area contributed by atoms with Crippen LogP contribution in [0.25, 0.3) is 0 Å². The van der Waals surface area contributed by atoms with Gasteiger partial charge in [-0.2, -0.15) is 11.8 Å². The number of aliphatic hydroxyl groups is 2. The number of aliphatic carboxylic acids is 1. The van der Waals surface area contributed by atoms with Gasteiger partial charge in [-0.15, -0.1) is 0 Å². The first kappa shape index (κ1) is 27.7. The maximum absolute atomic E-state index is 11.2. The zero-order chi connectivity index (χ0) is 20.9. The van der Waals surface area contributed by atoms with E-state index in [4.69, 9.17) is 5.11 Å². The lowest BCUT2D eigenvalue weighted by Gasteiger charge is -2.15. The highest BCUT2D eigenvalue weighted by atomic mass is 32.2. The smallest absolute Gasteiger partial charge is 0.321 e. The molecule has 0 aliphatic carbocycles. The van der Waals surface area contributed by atoms with Crippen LogP contribution >= 0.6 is 11.8 Å². The van der Waals surface area contributed by atoms with E-state index >= 15 is 0 Å². The summed E-state index contributed by atoms with van der Waals surface area (Å²) in [5.41, 5.74) is 0. The molecule has 0 aliphatic rings. The molecule has 0 fully saturated rings. The van der Waals surface area contributed by atoms with Crippen LogP contribution in [0.5, 0.6) is 0 Å². The molecule has 0 saturated carbocycles. The van der Waals surface area contributed by atoms with Gasteiger partial charge in [0.25, 0.3) is 0 Å². The minimum Gasteiger partial charge on any atom is -0.480 e. The lowest BCUT2D eigenvalue weighted by atomic mass is 10.0. The van der Waals surface area contributed by atoms with Crippen LogP contribution in [0.1, 0.15) is 96.8 Å². The molecule has 0 amide bonds. The Labute approximate surface area is 177 Å². The Balaban J connectivity index is 3.39. The summed E-state index contributed by atoms with van der Waals surface area (Å²) >= 11 is 1.36. The molecule has 0 rings (SSSR count). The SMILES string of the molecule is CCCCCCCCCCCCCCCCNC(CSCC(O)CO)C(=O)O. The standard InChI is InChI=1S/C22H45NO4S/c1-2-3-4-5-6-7-8-9-10-11-12-13-14-15-16-23-21(22(26)27)19-28-18-20(25)17-24/h20-21,23-25H,2-19H2,1H3,(H,26,27). The third-order valence-corrected chi connectivity index (χ3v) is 6.21. The largest absolute Gasteiger partial charge is 0.480 e. The number of carboxylic acids is 1. The zero-order valence-electron chi connectivity index (χ0n) is 18.0. The minimum absolute atomic E-state index is 0.281. The molecular formula is C22H45NO4S. The average molecular weight is 420 g/mol. The average Bonchev–Trinajstić information content (AvgIpc) is 2.69. The maximum atomic E-state index is 11.2. The first-order chi connectivity index (χ1) is 13.6. The van der Waals surface area contributed by atoms with Crippen molar-refractivity contribution < 1.29 is 20.1 Å². The lowest BCUT2D eigenvalue weighted by Crippen LogP contribution is -2.39. The van der Waals surface area contributed by atoms with Gasteiger partial charge in [0.1, 0.15) is 6.04 Å². The van der Waals surface area contributed by atoms with Crippen LogP contribution in [0, 0.1) is 0 Å². The van der Waals surface area contributed by atoms with E-state index in [0.29, 0.717) is 11.5 Å². The van der Waals surface area contributed by atoms with Gasteiger partial charge in [-0.05, 0) is 13.0 Å². The van der Waals surface area contributed by atoms with Crippen LogP contribution in [-0.4, -0.2) is 58.1 Å². The molecule has 168 valence electrons. The molecule has 0 aromatic heterocycles. The number of rotatable bonds is 22. The Morgan fingerprint density at radius 1 is 0.821 bits per heavy atom. The lowest BCUT2D eigenvalue weighted by molar-refractivity contribution is -0.138. The van der Waals surface area contributed by atoms with E-state index in [0.717, 1.165) is 19.4 Å². The van der Waals surface area contributed by atoms with Crippen molar-refractivity contribution in [1.29, 1.82) is 0 Å². The predicted octanol–water partition coefficient (Wildman–Crippen LogP) is 4.60. The van der Waals surface area contributed by atoms with Crippen molar-refractivity contribution in [2.24, 2.45) is 0 Å². The molecule has 0 spiro atoms.